The number of hydrogen-bond donors (Lipinski definition) is 2. The minimum absolute atomic E-state index is 0.0180. The van der Waals surface area contributed by atoms with E-state index in [9.17, 15) is 4.79 Å². The second kappa shape index (κ2) is 5.19. The van der Waals surface area contributed by atoms with E-state index in [1.165, 1.54) is 0 Å². The molecule has 2 unspecified atom stereocenters. The Morgan fingerprint density at radius 1 is 1.61 bits per heavy atom. The Bertz CT molecular complexity index is 480. The SMILES string of the molecule is CC1(C(=O)Nc2ccc(Cl)cc2Br)CCCC1N. The first-order valence-electron chi connectivity index (χ1n) is 5.95. The molecule has 1 amide bonds. The van der Waals surface area contributed by atoms with Gasteiger partial charge < -0.3 is 11.1 Å². The van der Waals surface area contributed by atoms with Gasteiger partial charge in [0.15, 0.2) is 0 Å². The summed E-state index contributed by atoms with van der Waals surface area (Å²) >= 11 is 9.25. The van der Waals surface area contributed by atoms with Crippen LogP contribution in [0.3, 0.4) is 0 Å². The van der Waals surface area contributed by atoms with Crippen LogP contribution in [0.2, 0.25) is 5.02 Å². The molecule has 0 radical (unpaired) electrons. The fraction of sp³-hybridized carbons (Fsp3) is 0.462. The first-order chi connectivity index (χ1) is 8.43. The van der Waals surface area contributed by atoms with E-state index in [-0.39, 0.29) is 11.9 Å². The lowest BCUT2D eigenvalue weighted by Crippen LogP contribution is -2.44. The number of hydrogen-bond acceptors (Lipinski definition) is 2. The van der Waals surface area contributed by atoms with E-state index in [1.807, 2.05) is 6.92 Å². The highest BCUT2D eigenvalue weighted by atomic mass is 79.9. The van der Waals surface area contributed by atoms with Gasteiger partial charge in [-0.15, -0.1) is 0 Å². The molecular formula is C13H16BrClN2O. The third-order valence-electron chi connectivity index (χ3n) is 3.73. The summed E-state index contributed by atoms with van der Waals surface area (Å²) in [6, 6.07) is 5.23. The molecule has 18 heavy (non-hydrogen) atoms. The summed E-state index contributed by atoms with van der Waals surface area (Å²) in [5.74, 6) is -0.0180. The van der Waals surface area contributed by atoms with E-state index in [0.29, 0.717) is 5.02 Å². The molecule has 1 aromatic rings. The first kappa shape index (κ1) is 13.8. The first-order valence-corrected chi connectivity index (χ1v) is 7.12. The fourth-order valence-electron chi connectivity index (χ4n) is 2.33. The lowest BCUT2D eigenvalue weighted by Gasteiger charge is -2.27. The normalized spacial score (nSPS) is 27.2. The summed E-state index contributed by atoms with van der Waals surface area (Å²) in [4.78, 5) is 12.3. The fourth-order valence-corrected chi connectivity index (χ4v) is 3.11. The van der Waals surface area contributed by atoms with Crippen molar-refractivity contribution in [3.05, 3.63) is 27.7 Å². The quantitative estimate of drug-likeness (QED) is 0.870. The summed E-state index contributed by atoms with van der Waals surface area (Å²) in [6.45, 7) is 1.93. The van der Waals surface area contributed by atoms with Crippen LogP contribution in [0.4, 0.5) is 5.69 Å². The van der Waals surface area contributed by atoms with Crippen molar-refractivity contribution in [3.63, 3.8) is 0 Å². The third kappa shape index (κ3) is 2.56. The minimum Gasteiger partial charge on any atom is -0.327 e. The van der Waals surface area contributed by atoms with Crippen LogP contribution in [0.5, 0.6) is 0 Å². The van der Waals surface area contributed by atoms with Gasteiger partial charge in [-0.1, -0.05) is 18.0 Å². The molecule has 0 aliphatic heterocycles. The highest BCUT2D eigenvalue weighted by Gasteiger charge is 2.43. The molecule has 0 saturated heterocycles. The Balaban J connectivity index is 2.16. The predicted octanol–water partition coefficient (Wildman–Crippen LogP) is 3.56. The third-order valence-corrected chi connectivity index (χ3v) is 4.62. The molecule has 1 aliphatic carbocycles. The monoisotopic (exact) mass is 330 g/mol. The Kier molecular flexibility index (Phi) is 3.99. The van der Waals surface area contributed by atoms with Crippen LogP contribution in [0.15, 0.2) is 22.7 Å². The van der Waals surface area contributed by atoms with Crippen molar-refractivity contribution >= 4 is 39.1 Å². The molecule has 1 fully saturated rings. The van der Waals surface area contributed by atoms with Crippen molar-refractivity contribution in [2.24, 2.45) is 11.1 Å². The van der Waals surface area contributed by atoms with Crippen molar-refractivity contribution in [3.8, 4) is 0 Å². The summed E-state index contributed by atoms with van der Waals surface area (Å²) in [5, 5.41) is 3.55. The van der Waals surface area contributed by atoms with Crippen LogP contribution >= 0.6 is 27.5 Å². The number of nitrogens with two attached hydrogens (primary N) is 1. The molecule has 2 atom stereocenters. The van der Waals surface area contributed by atoms with E-state index in [0.717, 1.165) is 29.4 Å². The van der Waals surface area contributed by atoms with Gasteiger partial charge in [0, 0.05) is 15.5 Å². The molecule has 0 heterocycles. The molecule has 98 valence electrons. The average Bonchev–Trinajstić information content (AvgIpc) is 2.64. The van der Waals surface area contributed by atoms with Crippen LogP contribution < -0.4 is 11.1 Å². The Hall–Kier alpha value is -0.580. The molecule has 5 heteroatoms. The van der Waals surface area contributed by atoms with Crippen molar-refractivity contribution < 1.29 is 4.79 Å². The number of halogens is 2. The van der Waals surface area contributed by atoms with Gasteiger partial charge in [-0.25, -0.2) is 0 Å². The predicted molar refractivity (Wildman–Crippen MR) is 77.7 cm³/mol. The number of benzene rings is 1. The number of rotatable bonds is 2. The summed E-state index contributed by atoms with van der Waals surface area (Å²) in [5.41, 5.74) is 6.29. The average molecular weight is 332 g/mol. The van der Waals surface area contributed by atoms with Gasteiger partial charge in [-0.2, -0.15) is 0 Å². The van der Waals surface area contributed by atoms with E-state index in [4.69, 9.17) is 17.3 Å². The van der Waals surface area contributed by atoms with Gasteiger partial charge in [0.2, 0.25) is 5.91 Å². The Labute approximate surface area is 120 Å². The summed E-state index contributed by atoms with van der Waals surface area (Å²) < 4.78 is 0.776. The van der Waals surface area contributed by atoms with E-state index in [2.05, 4.69) is 21.2 Å². The second-order valence-corrected chi connectivity index (χ2v) is 6.29. The molecular weight excluding hydrogens is 316 g/mol. The lowest BCUT2D eigenvalue weighted by molar-refractivity contribution is -0.125. The van der Waals surface area contributed by atoms with E-state index in [1.54, 1.807) is 18.2 Å². The number of carbonyl (C=O) groups is 1. The molecule has 0 bridgehead atoms. The van der Waals surface area contributed by atoms with Crippen LogP contribution in [-0.2, 0) is 4.79 Å². The van der Waals surface area contributed by atoms with Gasteiger partial charge in [0.25, 0.3) is 0 Å². The molecule has 1 saturated carbocycles. The number of amides is 1. The molecule has 1 aromatic carbocycles. The van der Waals surface area contributed by atoms with Gasteiger partial charge in [-0.3, -0.25) is 4.79 Å². The maximum Gasteiger partial charge on any atom is 0.231 e. The minimum atomic E-state index is -0.473. The van der Waals surface area contributed by atoms with Gasteiger partial charge in [0.05, 0.1) is 11.1 Å². The second-order valence-electron chi connectivity index (χ2n) is 4.99. The number of nitrogens with one attached hydrogen (secondary N) is 1. The molecule has 2 rings (SSSR count). The maximum absolute atomic E-state index is 12.3. The molecule has 0 spiro atoms. The topological polar surface area (TPSA) is 55.1 Å². The standard InChI is InChI=1S/C13H16BrClN2O/c1-13(6-2-3-11(13)16)12(18)17-10-5-4-8(15)7-9(10)14/h4-5,7,11H,2-3,6,16H2,1H3,(H,17,18). The molecule has 1 aliphatic rings. The zero-order valence-electron chi connectivity index (χ0n) is 10.2. The highest BCUT2D eigenvalue weighted by molar-refractivity contribution is 9.10. The lowest BCUT2D eigenvalue weighted by atomic mass is 9.84. The zero-order chi connectivity index (χ0) is 13.3. The number of anilines is 1. The van der Waals surface area contributed by atoms with Gasteiger partial charge in [-0.05, 0) is 53.9 Å². The molecule has 3 N–H and O–H groups in total. The highest BCUT2D eigenvalue weighted by Crippen LogP contribution is 2.38. The molecule has 0 aromatic heterocycles. The van der Waals surface area contributed by atoms with Crippen LogP contribution in [0, 0.1) is 5.41 Å². The van der Waals surface area contributed by atoms with Crippen molar-refractivity contribution in [1.29, 1.82) is 0 Å². The Morgan fingerprint density at radius 2 is 2.33 bits per heavy atom. The van der Waals surface area contributed by atoms with E-state index >= 15 is 0 Å². The van der Waals surface area contributed by atoms with Crippen LogP contribution in [0.25, 0.3) is 0 Å². The van der Waals surface area contributed by atoms with Crippen molar-refractivity contribution in [2.75, 3.05) is 5.32 Å². The smallest absolute Gasteiger partial charge is 0.231 e. The van der Waals surface area contributed by atoms with Crippen LogP contribution in [-0.4, -0.2) is 11.9 Å². The molecule has 3 nitrogen and oxygen atoms in total. The maximum atomic E-state index is 12.3. The van der Waals surface area contributed by atoms with E-state index < -0.39 is 5.41 Å². The van der Waals surface area contributed by atoms with Crippen molar-refractivity contribution in [1.82, 2.24) is 0 Å². The van der Waals surface area contributed by atoms with Crippen molar-refractivity contribution in [2.45, 2.75) is 32.2 Å². The Morgan fingerprint density at radius 3 is 2.89 bits per heavy atom. The largest absolute Gasteiger partial charge is 0.327 e. The van der Waals surface area contributed by atoms with Gasteiger partial charge in [0.1, 0.15) is 0 Å². The zero-order valence-corrected chi connectivity index (χ0v) is 12.5. The number of carbonyl (C=O) groups excluding carboxylic acids is 1. The van der Waals surface area contributed by atoms with Gasteiger partial charge >= 0.3 is 0 Å². The summed E-state index contributed by atoms with van der Waals surface area (Å²) in [6.07, 6.45) is 2.75. The van der Waals surface area contributed by atoms with Crippen LogP contribution in [0.1, 0.15) is 26.2 Å². The summed E-state index contributed by atoms with van der Waals surface area (Å²) in [7, 11) is 0.